The van der Waals surface area contributed by atoms with Crippen LogP contribution in [0.25, 0.3) is 0 Å². The second-order valence-corrected chi connectivity index (χ2v) is 14.0. The van der Waals surface area contributed by atoms with Crippen LogP contribution in [0.1, 0.15) is 69.1 Å². The maximum atomic E-state index is 14.1. The molecule has 1 heterocycles. The Kier molecular flexibility index (Phi) is 18.3. The van der Waals surface area contributed by atoms with Gasteiger partial charge in [-0.05, 0) is 74.8 Å². The van der Waals surface area contributed by atoms with Gasteiger partial charge in [-0.2, -0.15) is 0 Å². The molecule has 2 aromatic carbocycles. The normalized spacial score (nSPS) is 16.7. The zero-order chi connectivity index (χ0) is 40.4. The van der Waals surface area contributed by atoms with E-state index in [1.165, 1.54) is 18.9 Å². The molecule has 5 N–H and O–H groups in total. The Morgan fingerprint density at radius 1 is 1.02 bits per heavy atom. The number of hydrogen-bond donors (Lipinski definition) is 4. The van der Waals surface area contributed by atoms with Gasteiger partial charge in [-0.25, -0.2) is 0 Å². The van der Waals surface area contributed by atoms with Crippen molar-refractivity contribution < 1.29 is 43.3 Å². The predicted octanol–water partition coefficient (Wildman–Crippen LogP) is 2.44. The van der Waals surface area contributed by atoms with Gasteiger partial charge in [0.05, 0.1) is 46.4 Å². The van der Waals surface area contributed by atoms with Gasteiger partial charge >= 0.3 is 5.97 Å². The van der Waals surface area contributed by atoms with Crippen molar-refractivity contribution in [3.05, 3.63) is 77.9 Å². The summed E-state index contributed by atoms with van der Waals surface area (Å²) in [4.78, 5) is 68.4. The predicted molar refractivity (Wildman–Crippen MR) is 208 cm³/mol. The molecule has 1 saturated heterocycles. The van der Waals surface area contributed by atoms with Gasteiger partial charge in [0.1, 0.15) is 23.4 Å². The Morgan fingerprint density at radius 3 is 2.31 bits per heavy atom. The van der Waals surface area contributed by atoms with Crippen molar-refractivity contribution in [3.8, 4) is 5.75 Å². The third kappa shape index (κ3) is 13.8. The first-order valence-corrected chi connectivity index (χ1v) is 18.9. The molecule has 3 rings (SSSR count). The molecule has 0 radical (unpaired) electrons. The number of nitrogens with zero attached hydrogens (tertiary/aromatic N) is 2. The molecule has 1 aliphatic heterocycles. The number of aliphatic hydroxyl groups excluding tert-OH is 1. The van der Waals surface area contributed by atoms with Crippen LogP contribution in [0.2, 0.25) is 0 Å². The first kappa shape index (κ1) is 44.6. The molecule has 0 aliphatic carbocycles. The van der Waals surface area contributed by atoms with Gasteiger partial charge in [0.15, 0.2) is 0 Å². The van der Waals surface area contributed by atoms with Gasteiger partial charge in [-0.3, -0.25) is 24.0 Å². The average molecular weight is 766 g/mol. The lowest BCUT2D eigenvalue weighted by Gasteiger charge is -2.36. The molecular weight excluding hydrogens is 706 g/mol. The zero-order valence-electron chi connectivity index (χ0n) is 32.7. The van der Waals surface area contributed by atoms with Crippen molar-refractivity contribution in [2.24, 2.45) is 5.73 Å². The molecule has 4 atom stereocenters. The number of rotatable bonds is 23. The number of methoxy groups -OCH3 is 2. The maximum Gasteiger partial charge on any atom is 0.307 e. The number of ether oxygens (including phenoxy) is 3. The quantitative estimate of drug-likeness (QED) is 0.0743. The number of carbonyl (C=O) groups excluding carboxylic acids is 5. The van der Waals surface area contributed by atoms with Crippen molar-refractivity contribution in [1.82, 2.24) is 20.4 Å². The number of amides is 4. The minimum atomic E-state index is -1.23. The van der Waals surface area contributed by atoms with Crippen molar-refractivity contribution in [1.29, 1.82) is 0 Å². The monoisotopic (exact) mass is 765 g/mol. The molecule has 1 aliphatic rings. The number of unbranched alkanes of at least 4 members (excludes halogenated alkanes) is 1. The van der Waals surface area contributed by atoms with Crippen LogP contribution in [-0.2, 0) is 52.8 Å². The molecule has 2 aromatic rings. The van der Waals surface area contributed by atoms with Crippen LogP contribution in [0.3, 0.4) is 0 Å². The minimum absolute atomic E-state index is 0.0420. The molecule has 55 heavy (non-hydrogen) atoms. The molecular formula is C41H59N5O9. The van der Waals surface area contributed by atoms with Crippen LogP contribution in [0.4, 0.5) is 0 Å². The first-order chi connectivity index (χ1) is 26.3. The largest absolute Gasteiger partial charge is 0.497 e. The van der Waals surface area contributed by atoms with Gasteiger partial charge < -0.3 is 45.5 Å². The Labute approximate surface area is 324 Å². The van der Waals surface area contributed by atoms with E-state index in [1.807, 2.05) is 30.3 Å². The van der Waals surface area contributed by atoms with Crippen molar-refractivity contribution >= 4 is 29.6 Å². The second-order valence-electron chi connectivity index (χ2n) is 14.0. The SMILES string of the molecule is C=CCCCN(Cc1ccc(CCNC(=O)[C@]2(C)CCCN2C(=O)[C@H](Cc2ccc(OC)cc2)NC(=O)[C@@H](N)[C@@H](C)O)cc1)C(=O)CCOCCC(=O)OC. The van der Waals surface area contributed by atoms with Gasteiger partial charge in [-0.1, -0.05) is 42.5 Å². The van der Waals surface area contributed by atoms with Crippen molar-refractivity contribution in [2.75, 3.05) is 47.1 Å². The van der Waals surface area contributed by atoms with Crippen LogP contribution >= 0.6 is 0 Å². The summed E-state index contributed by atoms with van der Waals surface area (Å²) >= 11 is 0. The van der Waals surface area contributed by atoms with Gasteiger partial charge in [0.25, 0.3) is 0 Å². The number of carbonyl (C=O) groups is 5. The molecule has 0 unspecified atom stereocenters. The Balaban J connectivity index is 1.60. The van der Waals surface area contributed by atoms with E-state index in [4.69, 9.17) is 15.2 Å². The highest BCUT2D eigenvalue weighted by atomic mass is 16.5. The van der Waals surface area contributed by atoms with E-state index in [-0.39, 0.29) is 50.3 Å². The van der Waals surface area contributed by atoms with E-state index in [0.29, 0.717) is 51.2 Å². The molecule has 0 bridgehead atoms. The number of allylic oxidation sites excluding steroid dienone is 1. The minimum Gasteiger partial charge on any atom is -0.497 e. The molecule has 4 amide bonds. The number of nitrogens with two attached hydrogens (primary N) is 1. The van der Waals surface area contributed by atoms with E-state index in [2.05, 4.69) is 21.9 Å². The molecule has 0 aromatic heterocycles. The number of benzene rings is 2. The Hall–Kier alpha value is -4.79. The first-order valence-electron chi connectivity index (χ1n) is 18.9. The molecule has 14 heteroatoms. The number of likely N-dealkylation sites (tertiary alicyclic amines) is 1. The van der Waals surface area contributed by atoms with Crippen LogP contribution in [0, 0.1) is 0 Å². The van der Waals surface area contributed by atoms with E-state index in [1.54, 1.807) is 43.2 Å². The Bertz CT molecular complexity index is 1570. The summed E-state index contributed by atoms with van der Waals surface area (Å²) in [5.41, 5.74) is 7.49. The summed E-state index contributed by atoms with van der Waals surface area (Å²) in [5, 5.41) is 15.6. The van der Waals surface area contributed by atoms with Gasteiger partial charge in [0.2, 0.25) is 23.6 Å². The van der Waals surface area contributed by atoms with Gasteiger partial charge in [0, 0.05) is 32.6 Å². The van der Waals surface area contributed by atoms with E-state index in [9.17, 15) is 29.1 Å². The zero-order valence-corrected chi connectivity index (χ0v) is 32.7. The smallest absolute Gasteiger partial charge is 0.307 e. The molecule has 14 nitrogen and oxygen atoms in total. The van der Waals surface area contributed by atoms with Crippen LogP contribution in [0.15, 0.2) is 61.2 Å². The standard InChI is InChI=1S/C41H59N5O9/c1-6-7-8-23-45(35(48)19-25-55-26-20-36(49)54-5)28-32-12-10-30(11-13-32)18-22-43-40(52)41(3)21-9-24-46(41)39(51)34(44-38(50)37(42)29(2)47)27-31-14-16-33(53-4)17-15-31/h6,10-17,29,34,37,47H,1,7-9,18-28,42H2,2-5H3,(H,43,52)(H,44,50)/t29-,34+,37+,41+/m1/s1. The second kappa shape index (κ2) is 22.6. The van der Waals surface area contributed by atoms with E-state index in [0.717, 1.165) is 29.5 Å². The summed E-state index contributed by atoms with van der Waals surface area (Å²) in [5.74, 6) is -1.11. The van der Waals surface area contributed by atoms with E-state index >= 15 is 0 Å². The van der Waals surface area contributed by atoms with Crippen LogP contribution in [-0.4, -0.2) is 115 Å². The summed E-state index contributed by atoms with van der Waals surface area (Å²) in [7, 11) is 2.88. The number of aliphatic hydroxyl groups is 1. The molecule has 0 saturated carbocycles. The highest BCUT2D eigenvalue weighted by Gasteiger charge is 2.47. The summed E-state index contributed by atoms with van der Waals surface area (Å²) in [6, 6.07) is 12.8. The van der Waals surface area contributed by atoms with Crippen LogP contribution < -0.4 is 21.1 Å². The molecule has 0 spiro atoms. The third-order valence-corrected chi connectivity index (χ3v) is 9.86. The average Bonchev–Trinajstić information content (AvgIpc) is 3.59. The fourth-order valence-corrected chi connectivity index (χ4v) is 6.36. The topological polar surface area (TPSA) is 190 Å². The summed E-state index contributed by atoms with van der Waals surface area (Å²) < 4.78 is 15.3. The highest BCUT2D eigenvalue weighted by Crippen LogP contribution is 2.30. The van der Waals surface area contributed by atoms with Crippen molar-refractivity contribution in [2.45, 2.75) is 95.5 Å². The highest BCUT2D eigenvalue weighted by molar-refractivity contribution is 5.95. The third-order valence-electron chi connectivity index (χ3n) is 9.86. The lowest BCUT2D eigenvalue weighted by Crippen LogP contribution is -2.61. The number of nitrogens with one attached hydrogen (secondary N) is 2. The maximum absolute atomic E-state index is 14.1. The lowest BCUT2D eigenvalue weighted by molar-refractivity contribution is -0.146. The summed E-state index contributed by atoms with van der Waals surface area (Å²) in [6.45, 7) is 9.02. The Morgan fingerprint density at radius 2 is 1.67 bits per heavy atom. The van der Waals surface area contributed by atoms with E-state index < -0.39 is 35.5 Å². The fourth-order valence-electron chi connectivity index (χ4n) is 6.36. The molecule has 302 valence electrons. The lowest BCUT2D eigenvalue weighted by atomic mass is 9.95. The fraction of sp³-hybridized carbons (Fsp3) is 0.537. The van der Waals surface area contributed by atoms with Crippen molar-refractivity contribution in [3.63, 3.8) is 0 Å². The number of esters is 1. The molecule has 1 fully saturated rings. The number of hydrogen-bond acceptors (Lipinski definition) is 10. The van der Waals surface area contributed by atoms with Crippen LogP contribution in [0.5, 0.6) is 5.75 Å². The van der Waals surface area contributed by atoms with Gasteiger partial charge in [-0.15, -0.1) is 6.58 Å². The summed E-state index contributed by atoms with van der Waals surface area (Å²) in [6.07, 6.45) is 4.38.